The largest absolute Gasteiger partial charge is 0.357 e. The minimum atomic E-state index is 0.598. The van der Waals surface area contributed by atoms with Crippen LogP contribution in [0.1, 0.15) is 69.2 Å². The van der Waals surface area contributed by atoms with Gasteiger partial charge in [-0.05, 0) is 63.7 Å². The van der Waals surface area contributed by atoms with E-state index < -0.39 is 0 Å². The lowest BCUT2D eigenvalue weighted by Crippen LogP contribution is -2.34. The van der Waals surface area contributed by atoms with Gasteiger partial charge >= 0.3 is 0 Å². The van der Waals surface area contributed by atoms with Crippen molar-refractivity contribution >= 4 is 5.82 Å². The molecule has 2 saturated heterocycles. The molecule has 1 atom stereocenters. The molecule has 3 heteroatoms. The van der Waals surface area contributed by atoms with Crippen LogP contribution in [0, 0.1) is 6.92 Å². The average Bonchev–Trinajstić information content (AvgIpc) is 3.08. The lowest BCUT2D eigenvalue weighted by Gasteiger charge is -2.36. The topological polar surface area (TPSA) is 19.4 Å². The summed E-state index contributed by atoms with van der Waals surface area (Å²) in [5.41, 5.74) is 2.72. The van der Waals surface area contributed by atoms with Gasteiger partial charge in [0, 0.05) is 24.8 Å². The number of piperidine rings is 1. The molecule has 0 spiro atoms. The van der Waals surface area contributed by atoms with Crippen LogP contribution in [0.25, 0.3) is 0 Å². The SMILES string of the molecule is CCCCN1CCCC[C@@H]1c1ccc(N2CCCC2)nc1C. The van der Waals surface area contributed by atoms with E-state index in [0.717, 1.165) is 0 Å². The molecule has 0 bridgehead atoms. The van der Waals surface area contributed by atoms with E-state index in [1.54, 1.807) is 0 Å². The van der Waals surface area contributed by atoms with Gasteiger partial charge in [-0.15, -0.1) is 0 Å². The van der Waals surface area contributed by atoms with Crippen LogP contribution >= 0.6 is 0 Å². The summed E-state index contributed by atoms with van der Waals surface area (Å²) < 4.78 is 0. The zero-order chi connectivity index (χ0) is 15.4. The van der Waals surface area contributed by atoms with E-state index in [0.29, 0.717) is 6.04 Å². The lowest BCUT2D eigenvalue weighted by atomic mass is 9.94. The molecule has 0 saturated carbocycles. The van der Waals surface area contributed by atoms with Gasteiger partial charge in [0.05, 0.1) is 0 Å². The molecule has 3 nitrogen and oxygen atoms in total. The van der Waals surface area contributed by atoms with Crippen molar-refractivity contribution in [2.24, 2.45) is 0 Å². The number of hydrogen-bond donors (Lipinski definition) is 0. The second-order valence-corrected chi connectivity index (χ2v) is 6.94. The molecule has 2 fully saturated rings. The quantitative estimate of drug-likeness (QED) is 0.807. The molecule has 1 aromatic heterocycles. The normalized spacial score (nSPS) is 23.2. The molecule has 0 aromatic carbocycles. The Morgan fingerprint density at radius 1 is 1.09 bits per heavy atom. The smallest absolute Gasteiger partial charge is 0.128 e. The Morgan fingerprint density at radius 3 is 2.59 bits per heavy atom. The third-order valence-corrected chi connectivity index (χ3v) is 5.31. The summed E-state index contributed by atoms with van der Waals surface area (Å²) in [5.74, 6) is 1.19. The van der Waals surface area contributed by atoms with E-state index in [4.69, 9.17) is 4.98 Å². The number of hydrogen-bond acceptors (Lipinski definition) is 3. The number of rotatable bonds is 5. The number of pyridine rings is 1. The Hall–Kier alpha value is -1.09. The van der Waals surface area contributed by atoms with Crippen LogP contribution in [0.2, 0.25) is 0 Å². The molecule has 1 aromatic rings. The highest BCUT2D eigenvalue weighted by atomic mass is 15.2. The molecule has 0 radical (unpaired) electrons. The first-order chi connectivity index (χ1) is 10.8. The zero-order valence-electron chi connectivity index (χ0n) is 14.4. The standard InChI is InChI=1S/C19H31N3/c1-3-4-12-21-13-6-5-9-18(21)17-10-11-19(20-16(17)2)22-14-7-8-15-22/h10-11,18H,3-9,12-15H2,1-2H3/t18-/m1/s1. The summed E-state index contributed by atoms with van der Waals surface area (Å²) >= 11 is 0. The zero-order valence-corrected chi connectivity index (χ0v) is 14.4. The van der Waals surface area contributed by atoms with Crippen molar-refractivity contribution in [1.29, 1.82) is 0 Å². The molecule has 0 aliphatic carbocycles. The van der Waals surface area contributed by atoms with E-state index in [-0.39, 0.29) is 0 Å². The molecule has 0 N–H and O–H groups in total. The van der Waals surface area contributed by atoms with Crippen molar-refractivity contribution in [3.8, 4) is 0 Å². The third-order valence-electron chi connectivity index (χ3n) is 5.31. The van der Waals surface area contributed by atoms with Crippen LogP contribution in [-0.4, -0.2) is 36.1 Å². The van der Waals surface area contributed by atoms with E-state index in [2.05, 4.69) is 35.8 Å². The van der Waals surface area contributed by atoms with Gasteiger partial charge in [-0.2, -0.15) is 0 Å². The molecule has 3 rings (SSSR count). The van der Waals surface area contributed by atoms with Gasteiger partial charge in [-0.3, -0.25) is 4.90 Å². The number of aromatic nitrogens is 1. The first-order valence-corrected chi connectivity index (χ1v) is 9.26. The number of anilines is 1. The Morgan fingerprint density at radius 2 is 1.86 bits per heavy atom. The third kappa shape index (κ3) is 3.45. The van der Waals surface area contributed by atoms with Crippen molar-refractivity contribution in [2.45, 2.75) is 64.8 Å². The summed E-state index contributed by atoms with van der Waals surface area (Å²) in [5, 5.41) is 0. The van der Waals surface area contributed by atoms with E-state index >= 15 is 0 Å². The fourth-order valence-electron chi connectivity index (χ4n) is 4.01. The van der Waals surface area contributed by atoms with Crippen LogP contribution in [0.4, 0.5) is 5.82 Å². The molecule has 2 aliphatic rings. The highest BCUT2D eigenvalue weighted by Gasteiger charge is 2.25. The fourth-order valence-corrected chi connectivity index (χ4v) is 4.01. The minimum Gasteiger partial charge on any atom is -0.357 e. The second kappa shape index (κ2) is 7.45. The van der Waals surface area contributed by atoms with E-state index in [9.17, 15) is 0 Å². The van der Waals surface area contributed by atoms with Gasteiger partial charge in [0.1, 0.15) is 5.82 Å². The summed E-state index contributed by atoms with van der Waals surface area (Å²) in [6.45, 7) is 9.36. The molecule has 3 heterocycles. The van der Waals surface area contributed by atoms with Crippen molar-refractivity contribution in [2.75, 3.05) is 31.1 Å². The Bertz CT molecular complexity index is 480. The van der Waals surface area contributed by atoms with Crippen molar-refractivity contribution in [3.05, 3.63) is 23.4 Å². The van der Waals surface area contributed by atoms with Crippen LogP contribution in [-0.2, 0) is 0 Å². The molecule has 2 aliphatic heterocycles. The molecule has 0 amide bonds. The van der Waals surface area contributed by atoms with Gasteiger partial charge in [0.2, 0.25) is 0 Å². The number of aryl methyl sites for hydroxylation is 1. The van der Waals surface area contributed by atoms with Gasteiger partial charge in [-0.1, -0.05) is 25.8 Å². The Labute approximate surface area is 135 Å². The van der Waals surface area contributed by atoms with Crippen molar-refractivity contribution in [3.63, 3.8) is 0 Å². The monoisotopic (exact) mass is 301 g/mol. The first-order valence-electron chi connectivity index (χ1n) is 9.26. The summed E-state index contributed by atoms with van der Waals surface area (Å²) in [6, 6.07) is 5.23. The van der Waals surface area contributed by atoms with E-state index in [1.165, 1.54) is 88.2 Å². The summed E-state index contributed by atoms with van der Waals surface area (Å²) in [6.07, 6.45) is 9.25. The van der Waals surface area contributed by atoms with Gasteiger partial charge in [0.25, 0.3) is 0 Å². The number of nitrogens with zero attached hydrogens (tertiary/aromatic N) is 3. The van der Waals surface area contributed by atoms with Crippen LogP contribution in [0.5, 0.6) is 0 Å². The maximum atomic E-state index is 4.94. The molecular formula is C19H31N3. The van der Waals surface area contributed by atoms with E-state index in [1.807, 2.05) is 0 Å². The predicted octanol–water partition coefficient (Wildman–Crippen LogP) is 4.32. The van der Waals surface area contributed by atoms with Crippen molar-refractivity contribution < 1.29 is 0 Å². The van der Waals surface area contributed by atoms with Crippen LogP contribution < -0.4 is 4.90 Å². The average molecular weight is 301 g/mol. The first kappa shape index (κ1) is 15.8. The molecule has 22 heavy (non-hydrogen) atoms. The minimum absolute atomic E-state index is 0.598. The second-order valence-electron chi connectivity index (χ2n) is 6.94. The number of likely N-dealkylation sites (tertiary alicyclic amines) is 1. The van der Waals surface area contributed by atoms with Gasteiger partial charge in [0.15, 0.2) is 0 Å². The van der Waals surface area contributed by atoms with Gasteiger partial charge in [-0.25, -0.2) is 4.98 Å². The van der Waals surface area contributed by atoms with Crippen LogP contribution in [0.3, 0.4) is 0 Å². The Balaban J connectivity index is 1.77. The van der Waals surface area contributed by atoms with Crippen molar-refractivity contribution in [1.82, 2.24) is 9.88 Å². The van der Waals surface area contributed by atoms with Crippen LogP contribution in [0.15, 0.2) is 12.1 Å². The molecular weight excluding hydrogens is 270 g/mol. The number of unbranched alkanes of at least 4 members (excludes halogenated alkanes) is 1. The fraction of sp³-hybridized carbons (Fsp3) is 0.737. The maximum absolute atomic E-state index is 4.94. The lowest BCUT2D eigenvalue weighted by molar-refractivity contribution is 0.146. The maximum Gasteiger partial charge on any atom is 0.128 e. The highest BCUT2D eigenvalue weighted by molar-refractivity contribution is 5.43. The highest BCUT2D eigenvalue weighted by Crippen LogP contribution is 2.33. The molecule has 0 unspecified atom stereocenters. The van der Waals surface area contributed by atoms with Gasteiger partial charge < -0.3 is 4.90 Å². The summed E-state index contributed by atoms with van der Waals surface area (Å²) in [4.78, 5) is 10.1. The molecule has 122 valence electrons. The Kier molecular flexibility index (Phi) is 5.35. The summed E-state index contributed by atoms with van der Waals surface area (Å²) in [7, 11) is 0. The predicted molar refractivity (Wildman–Crippen MR) is 93.5 cm³/mol.